The lowest BCUT2D eigenvalue weighted by Crippen LogP contribution is -2.36. The van der Waals surface area contributed by atoms with Gasteiger partial charge in [0, 0.05) is 30.2 Å². The van der Waals surface area contributed by atoms with E-state index < -0.39 is 16.0 Å². The molecule has 0 radical (unpaired) electrons. The number of hydrogen-bond acceptors (Lipinski definition) is 7. The summed E-state index contributed by atoms with van der Waals surface area (Å²) in [5.74, 6) is -0.667. The molecule has 8 nitrogen and oxygen atoms in total. The second kappa shape index (κ2) is 8.52. The monoisotopic (exact) mass is 461 g/mol. The van der Waals surface area contributed by atoms with E-state index in [1.54, 1.807) is 19.1 Å². The van der Waals surface area contributed by atoms with Crippen LogP contribution in [-0.2, 0) is 21.4 Å². The molecule has 0 amide bonds. The Bertz CT molecular complexity index is 1300. The molecule has 1 aliphatic rings. The summed E-state index contributed by atoms with van der Waals surface area (Å²) in [6.45, 7) is 4.33. The average Bonchev–Trinajstić information content (AvgIpc) is 3.14. The number of ether oxygens (including phenoxy) is 1. The minimum Gasteiger partial charge on any atom is -0.456 e. The molecule has 1 aliphatic heterocycles. The number of carbonyl (C=O) groups is 1. The number of hydrogen-bond donors (Lipinski definition) is 0. The molecule has 0 saturated carbocycles. The van der Waals surface area contributed by atoms with Crippen molar-refractivity contribution in [1.82, 2.24) is 13.7 Å². The lowest BCUT2D eigenvalue weighted by atomic mass is 10.1. The molecule has 0 N–H and O–H groups in total. The maximum atomic E-state index is 13.1. The van der Waals surface area contributed by atoms with E-state index in [9.17, 15) is 18.0 Å². The fourth-order valence-electron chi connectivity index (χ4n) is 3.65. The Balaban J connectivity index is 1.54. The summed E-state index contributed by atoms with van der Waals surface area (Å²) in [4.78, 5) is 29.9. The van der Waals surface area contributed by atoms with Crippen LogP contribution in [0.25, 0.3) is 4.96 Å². The van der Waals surface area contributed by atoms with E-state index in [1.165, 1.54) is 32.2 Å². The molecule has 1 fully saturated rings. The molecule has 3 aromatic rings. The van der Waals surface area contributed by atoms with Crippen molar-refractivity contribution in [3.63, 3.8) is 0 Å². The number of fused-ring (bicyclic) bond motifs is 1. The molecule has 1 saturated heterocycles. The second-order valence-corrected chi connectivity index (χ2v) is 10.3. The van der Waals surface area contributed by atoms with E-state index in [2.05, 4.69) is 4.98 Å². The minimum atomic E-state index is -3.67. The number of nitrogens with zero attached hydrogens (tertiary/aromatic N) is 3. The molecule has 31 heavy (non-hydrogen) atoms. The zero-order chi connectivity index (χ0) is 22.2. The summed E-state index contributed by atoms with van der Waals surface area (Å²) in [7, 11) is -3.67. The summed E-state index contributed by atoms with van der Waals surface area (Å²) in [5.41, 5.74) is 1.62. The Labute approximate surface area is 184 Å². The molecule has 10 heteroatoms. The molecule has 0 unspecified atom stereocenters. The van der Waals surface area contributed by atoms with Gasteiger partial charge in [-0.3, -0.25) is 9.20 Å². The third kappa shape index (κ3) is 4.28. The summed E-state index contributed by atoms with van der Waals surface area (Å²) >= 11 is 1.33. The van der Waals surface area contributed by atoms with Gasteiger partial charge in [-0.25, -0.2) is 18.2 Å². The topological polar surface area (TPSA) is 98.0 Å². The number of aryl methyl sites for hydroxylation is 2. The summed E-state index contributed by atoms with van der Waals surface area (Å²) in [6.07, 6.45) is 2.69. The van der Waals surface area contributed by atoms with Crippen molar-refractivity contribution in [3.05, 3.63) is 62.5 Å². The largest absolute Gasteiger partial charge is 0.456 e. The van der Waals surface area contributed by atoms with Crippen LogP contribution in [0, 0.1) is 13.8 Å². The zero-order valence-corrected chi connectivity index (χ0v) is 19.0. The molecule has 2 aromatic heterocycles. The van der Waals surface area contributed by atoms with Crippen LogP contribution >= 0.6 is 11.3 Å². The van der Waals surface area contributed by atoms with Crippen LogP contribution in [0.2, 0.25) is 0 Å². The molecule has 0 bridgehead atoms. The van der Waals surface area contributed by atoms with Crippen LogP contribution in [0.5, 0.6) is 0 Å². The van der Waals surface area contributed by atoms with Gasteiger partial charge in [0.05, 0.1) is 16.2 Å². The SMILES string of the molecule is Cc1ccc(C(=O)OCc2cc(=O)n3c(C)csc3n2)cc1S(=O)(=O)N1CCCCC1. The van der Waals surface area contributed by atoms with Crippen molar-refractivity contribution in [3.8, 4) is 0 Å². The number of carbonyl (C=O) groups excluding carboxylic acids is 1. The Morgan fingerprint density at radius 2 is 1.90 bits per heavy atom. The first-order chi connectivity index (χ1) is 14.8. The molecule has 0 aliphatic carbocycles. The Hall–Kier alpha value is -2.56. The first-order valence-corrected chi connectivity index (χ1v) is 12.3. The Morgan fingerprint density at radius 3 is 2.65 bits per heavy atom. The highest BCUT2D eigenvalue weighted by atomic mass is 32.2. The fraction of sp³-hybridized carbons (Fsp3) is 0.381. The number of sulfonamides is 1. The first kappa shape index (κ1) is 21.7. The van der Waals surface area contributed by atoms with Gasteiger partial charge in [0.2, 0.25) is 10.0 Å². The number of rotatable bonds is 5. The first-order valence-electron chi connectivity index (χ1n) is 10.0. The van der Waals surface area contributed by atoms with Crippen LogP contribution in [0.1, 0.15) is 46.6 Å². The number of esters is 1. The van der Waals surface area contributed by atoms with Gasteiger partial charge in [0.25, 0.3) is 5.56 Å². The average molecular weight is 462 g/mol. The third-order valence-corrected chi connectivity index (χ3v) is 8.32. The van der Waals surface area contributed by atoms with Gasteiger partial charge in [0.1, 0.15) is 6.61 Å². The van der Waals surface area contributed by atoms with Crippen molar-refractivity contribution >= 4 is 32.3 Å². The highest BCUT2D eigenvalue weighted by molar-refractivity contribution is 7.89. The predicted molar refractivity (Wildman–Crippen MR) is 117 cm³/mol. The van der Waals surface area contributed by atoms with Crippen LogP contribution in [-0.4, -0.2) is 41.2 Å². The number of benzene rings is 1. The summed E-state index contributed by atoms with van der Waals surface area (Å²) in [5, 5.41) is 1.83. The zero-order valence-electron chi connectivity index (χ0n) is 17.3. The van der Waals surface area contributed by atoms with Crippen molar-refractivity contribution in [2.75, 3.05) is 13.1 Å². The van der Waals surface area contributed by atoms with Crippen LogP contribution in [0.4, 0.5) is 0 Å². The Morgan fingerprint density at radius 1 is 1.16 bits per heavy atom. The van der Waals surface area contributed by atoms with Gasteiger partial charge >= 0.3 is 5.97 Å². The summed E-state index contributed by atoms with van der Waals surface area (Å²) in [6, 6.07) is 5.86. The fourth-order valence-corrected chi connectivity index (χ4v) is 6.31. The molecule has 4 rings (SSSR count). The molecular formula is C21H23N3O5S2. The van der Waals surface area contributed by atoms with Gasteiger partial charge in [-0.1, -0.05) is 12.5 Å². The maximum Gasteiger partial charge on any atom is 0.338 e. The number of piperidine rings is 1. The third-order valence-electron chi connectivity index (χ3n) is 5.34. The van der Waals surface area contributed by atoms with Gasteiger partial charge in [-0.15, -0.1) is 11.3 Å². The highest BCUT2D eigenvalue weighted by Crippen LogP contribution is 2.25. The van der Waals surface area contributed by atoms with E-state index >= 15 is 0 Å². The van der Waals surface area contributed by atoms with Crippen LogP contribution in [0.15, 0.2) is 39.3 Å². The highest BCUT2D eigenvalue weighted by Gasteiger charge is 2.28. The molecule has 1 aromatic carbocycles. The van der Waals surface area contributed by atoms with E-state index in [-0.39, 0.29) is 22.6 Å². The van der Waals surface area contributed by atoms with Crippen LogP contribution < -0.4 is 5.56 Å². The molecule has 3 heterocycles. The lowest BCUT2D eigenvalue weighted by Gasteiger charge is -2.26. The van der Waals surface area contributed by atoms with Gasteiger partial charge in [-0.05, 0) is 44.4 Å². The van der Waals surface area contributed by atoms with Crippen molar-refractivity contribution in [1.29, 1.82) is 0 Å². The molecule has 0 atom stereocenters. The van der Waals surface area contributed by atoms with E-state index in [0.717, 1.165) is 25.0 Å². The predicted octanol–water partition coefficient (Wildman–Crippen LogP) is 2.90. The quantitative estimate of drug-likeness (QED) is 0.542. The van der Waals surface area contributed by atoms with Crippen LogP contribution in [0.3, 0.4) is 0 Å². The van der Waals surface area contributed by atoms with Gasteiger partial charge in [0.15, 0.2) is 4.96 Å². The number of aromatic nitrogens is 2. The smallest absolute Gasteiger partial charge is 0.338 e. The van der Waals surface area contributed by atoms with Gasteiger partial charge in [-0.2, -0.15) is 4.31 Å². The number of thiazole rings is 1. The second-order valence-electron chi connectivity index (χ2n) is 7.60. The van der Waals surface area contributed by atoms with Crippen molar-refractivity contribution < 1.29 is 17.9 Å². The van der Waals surface area contributed by atoms with Gasteiger partial charge < -0.3 is 4.74 Å². The van der Waals surface area contributed by atoms with Crippen molar-refractivity contribution in [2.45, 2.75) is 44.6 Å². The Kier molecular flexibility index (Phi) is 5.96. The molecular weight excluding hydrogens is 438 g/mol. The normalized spacial score (nSPS) is 15.3. The summed E-state index contributed by atoms with van der Waals surface area (Å²) < 4.78 is 34.4. The molecule has 164 valence electrons. The van der Waals surface area contributed by atoms with E-state index in [1.807, 2.05) is 12.3 Å². The molecule has 0 spiro atoms. The lowest BCUT2D eigenvalue weighted by molar-refractivity contribution is 0.0467. The maximum absolute atomic E-state index is 13.1. The van der Waals surface area contributed by atoms with Crippen molar-refractivity contribution in [2.24, 2.45) is 0 Å². The standard InChI is InChI=1S/C21H23N3O5S2/c1-14-6-7-16(10-18(14)31(27,28)23-8-4-3-5-9-23)20(26)29-12-17-11-19(25)24-15(2)13-30-21(24)22-17/h6-7,10-11,13H,3-5,8-9,12H2,1-2H3. The minimum absolute atomic E-state index is 0.121. The van der Waals surface area contributed by atoms with E-state index in [0.29, 0.717) is 29.3 Å². The van der Waals surface area contributed by atoms with E-state index in [4.69, 9.17) is 4.74 Å².